The molecule has 0 aliphatic carbocycles. The zero-order chi connectivity index (χ0) is 17.8. The van der Waals surface area contributed by atoms with Gasteiger partial charge in [0.1, 0.15) is 0 Å². The summed E-state index contributed by atoms with van der Waals surface area (Å²) in [6.45, 7) is 0.614. The van der Waals surface area contributed by atoms with Crippen molar-refractivity contribution in [1.82, 2.24) is 4.90 Å². The fraction of sp³-hybridized carbons (Fsp3) is 0.350. The lowest BCUT2D eigenvalue weighted by molar-refractivity contribution is 0.0785. The molecule has 0 spiro atoms. The van der Waals surface area contributed by atoms with Gasteiger partial charge < -0.3 is 9.80 Å². The predicted molar refractivity (Wildman–Crippen MR) is 111 cm³/mol. The van der Waals surface area contributed by atoms with Crippen molar-refractivity contribution in [2.75, 3.05) is 37.5 Å². The Morgan fingerprint density at radius 2 is 1.56 bits per heavy atom. The molecule has 0 bridgehead atoms. The second-order valence-corrected chi connectivity index (χ2v) is 9.14. The second kappa shape index (κ2) is 8.19. The number of benzene rings is 2. The zero-order valence-corrected chi connectivity index (χ0v) is 16.6. The molecule has 5 heteroatoms. The molecule has 2 aromatic rings. The minimum atomic E-state index is 0.0648. The highest BCUT2D eigenvalue weighted by molar-refractivity contribution is 8.19. The van der Waals surface area contributed by atoms with Crippen LogP contribution in [0.5, 0.6) is 0 Å². The van der Waals surface area contributed by atoms with Gasteiger partial charge in [0.25, 0.3) is 5.91 Å². The number of amides is 1. The third-order valence-electron chi connectivity index (χ3n) is 4.27. The molecule has 3 nitrogen and oxygen atoms in total. The molecule has 1 heterocycles. The first kappa shape index (κ1) is 18.2. The number of thioether (sulfide) groups is 2. The van der Waals surface area contributed by atoms with Crippen LogP contribution < -0.4 is 4.90 Å². The van der Waals surface area contributed by atoms with E-state index >= 15 is 0 Å². The minimum absolute atomic E-state index is 0.0648. The van der Waals surface area contributed by atoms with Crippen molar-refractivity contribution < 1.29 is 4.79 Å². The summed E-state index contributed by atoms with van der Waals surface area (Å²) in [6, 6.07) is 16.4. The summed E-state index contributed by atoms with van der Waals surface area (Å²) in [6.07, 6.45) is 0. The Balaban J connectivity index is 1.63. The van der Waals surface area contributed by atoms with Crippen LogP contribution in [0.3, 0.4) is 0 Å². The number of hydrogen-bond acceptors (Lipinski definition) is 4. The molecule has 1 aliphatic rings. The highest BCUT2D eigenvalue weighted by Gasteiger charge is 2.19. The normalized spacial score (nSPS) is 14.5. The van der Waals surface area contributed by atoms with Gasteiger partial charge in [-0.25, -0.2) is 0 Å². The Hall–Kier alpha value is -1.59. The number of carbonyl (C=O) groups is 1. The summed E-state index contributed by atoms with van der Waals surface area (Å²) in [5.41, 5.74) is 4.36. The van der Waals surface area contributed by atoms with E-state index in [1.54, 1.807) is 4.90 Å². The highest BCUT2D eigenvalue weighted by atomic mass is 32.2. The van der Waals surface area contributed by atoms with E-state index in [0.717, 1.165) is 16.8 Å². The fourth-order valence-electron chi connectivity index (χ4n) is 2.80. The Morgan fingerprint density at radius 3 is 2.12 bits per heavy atom. The summed E-state index contributed by atoms with van der Waals surface area (Å²) in [5.74, 6) is 2.49. The van der Waals surface area contributed by atoms with E-state index in [4.69, 9.17) is 0 Å². The predicted octanol–water partition coefficient (Wildman–Crippen LogP) is 4.50. The summed E-state index contributed by atoms with van der Waals surface area (Å²) >= 11 is 3.97. The van der Waals surface area contributed by atoms with E-state index in [2.05, 4.69) is 41.3 Å². The van der Waals surface area contributed by atoms with Crippen LogP contribution in [0.25, 0.3) is 0 Å². The standard InChI is InChI=1S/C20H24N2OS2/c1-21(2)18-10-4-15(5-11-18)14-22(3)19(23)16-6-8-17(9-7-16)20-24-12-13-25-20/h4-11,20H,12-14H2,1-3H3. The van der Waals surface area contributed by atoms with E-state index in [9.17, 15) is 4.79 Å². The molecular weight excluding hydrogens is 348 g/mol. The summed E-state index contributed by atoms with van der Waals surface area (Å²) in [7, 11) is 5.91. The van der Waals surface area contributed by atoms with Gasteiger partial charge in [-0.2, -0.15) is 0 Å². The molecule has 0 atom stereocenters. The smallest absolute Gasteiger partial charge is 0.253 e. The number of rotatable bonds is 5. The Kier molecular flexibility index (Phi) is 5.97. The van der Waals surface area contributed by atoms with E-state index in [-0.39, 0.29) is 5.91 Å². The molecule has 1 aliphatic heterocycles. The van der Waals surface area contributed by atoms with E-state index < -0.39 is 0 Å². The van der Waals surface area contributed by atoms with Gasteiger partial charge in [0.05, 0.1) is 4.58 Å². The van der Waals surface area contributed by atoms with E-state index in [0.29, 0.717) is 11.1 Å². The van der Waals surface area contributed by atoms with Crippen LogP contribution in [0, 0.1) is 0 Å². The van der Waals surface area contributed by atoms with Crippen molar-refractivity contribution in [2.45, 2.75) is 11.1 Å². The van der Waals surface area contributed by atoms with Crippen molar-refractivity contribution in [2.24, 2.45) is 0 Å². The summed E-state index contributed by atoms with van der Waals surface area (Å²) in [5, 5.41) is 0. The van der Waals surface area contributed by atoms with Gasteiger partial charge in [-0.15, -0.1) is 23.5 Å². The molecule has 25 heavy (non-hydrogen) atoms. The van der Waals surface area contributed by atoms with Crippen LogP contribution in [0.15, 0.2) is 48.5 Å². The topological polar surface area (TPSA) is 23.6 Å². The quantitative estimate of drug-likeness (QED) is 0.771. The van der Waals surface area contributed by atoms with Crippen molar-refractivity contribution in [3.05, 3.63) is 65.2 Å². The van der Waals surface area contributed by atoms with Crippen molar-refractivity contribution in [1.29, 1.82) is 0 Å². The van der Waals surface area contributed by atoms with E-state index in [1.165, 1.54) is 17.1 Å². The first-order valence-corrected chi connectivity index (χ1v) is 10.5. The van der Waals surface area contributed by atoms with Gasteiger partial charge in [0.15, 0.2) is 0 Å². The van der Waals surface area contributed by atoms with Crippen LogP contribution in [0.2, 0.25) is 0 Å². The molecular formula is C20H24N2OS2. The zero-order valence-electron chi connectivity index (χ0n) is 14.9. The summed E-state index contributed by atoms with van der Waals surface area (Å²) < 4.78 is 0.525. The monoisotopic (exact) mass is 372 g/mol. The molecule has 132 valence electrons. The molecule has 0 N–H and O–H groups in total. The molecule has 1 amide bonds. The van der Waals surface area contributed by atoms with Crippen molar-refractivity contribution in [3.8, 4) is 0 Å². The first-order valence-electron chi connectivity index (χ1n) is 8.39. The number of carbonyl (C=O) groups excluding carboxylic acids is 1. The molecule has 0 saturated carbocycles. The third-order valence-corrected chi connectivity index (χ3v) is 7.38. The van der Waals surface area contributed by atoms with Crippen LogP contribution in [-0.2, 0) is 6.54 Å². The lowest BCUT2D eigenvalue weighted by Crippen LogP contribution is -2.26. The average Bonchev–Trinajstić information content (AvgIpc) is 3.16. The lowest BCUT2D eigenvalue weighted by Gasteiger charge is -2.19. The largest absolute Gasteiger partial charge is 0.378 e. The molecule has 1 fully saturated rings. The molecule has 3 rings (SSSR count). The molecule has 0 radical (unpaired) electrons. The number of hydrogen-bond donors (Lipinski definition) is 0. The van der Waals surface area contributed by atoms with Gasteiger partial charge in [-0.1, -0.05) is 24.3 Å². The van der Waals surface area contributed by atoms with Gasteiger partial charge in [-0.3, -0.25) is 4.79 Å². The SMILES string of the molecule is CN(Cc1ccc(N(C)C)cc1)C(=O)c1ccc(C2SCCS2)cc1. The lowest BCUT2D eigenvalue weighted by atomic mass is 10.1. The molecule has 0 aromatic heterocycles. The molecule has 1 saturated heterocycles. The Labute approximate surface area is 158 Å². The average molecular weight is 373 g/mol. The number of nitrogens with zero attached hydrogens (tertiary/aromatic N) is 2. The molecule has 0 unspecified atom stereocenters. The minimum Gasteiger partial charge on any atom is -0.378 e. The third kappa shape index (κ3) is 4.53. The maximum atomic E-state index is 12.7. The van der Waals surface area contributed by atoms with Crippen molar-refractivity contribution >= 4 is 35.1 Å². The van der Waals surface area contributed by atoms with Crippen LogP contribution in [0.4, 0.5) is 5.69 Å². The maximum Gasteiger partial charge on any atom is 0.253 e. The second-order valence-electron chi connectivity index (χ2n) is 6.42. The van der Waals surface area contributed by atoms with Gasteiger partial charge in [0.2, 0.25) is 0 Å². The molecule has 2 aromatic carbocycles. The van der Waals surface area contributed by atoms with Gasteiger partial charge >= 0.3 is 0 Å². The van der Waals surface area contributed by atoms with Crippen LogP contribution in [0.1, 0.15) is 26.1 Å². The summed E-state index contributed by atoms with van der Waals surface area (Å²) in [4.78, 5) is 16.5. The van der Waals surface area contributed by atoms with Gasteiger partial charge in [-0.05, 0) is 35.4 Å². The number of anilines is 1. The van der Waals surface area contributed by atoms with Crippen LogP contribution in [-0.4, -0.2) is 43.5 Å². The van der Waals surface area contributed by atoms with Crippen molar-refractivity contribution in [3.63, 3.8) is 0 Å². The first-order chi connectivity index (χ1) is 12.0. The Bertz CT molecular complexity index is 707. The highest BCUT2D eigenvalue weighted by Crippen LogP contribution is 2.45. The Morgan fingerprint density at radius 1 is 0.960 bits per heavy atom. The maximum absolute atomic E-state index is 12.7. The van der Waals surface area contributed by atoms with Gasteiger partial charge in [0, 0.05) is 50.4 Å². The fourth-order valence-corrected chi connectivity index (χ4v) is 5.66. The van der Waals surface area contributed by atoms with E-state index in [1.807, 2.05) is 56.8 Å². The van der Waals surface area contributed by atoms with Crippen LogP contribution >= 0.6 is 23.5 Å².